The molecule has 32 heavy (non-hydrogen) atoms. The predicted molar refractivity (Wildman–Crippen MR) is 127 cm³/mol. The molecular formula is C23H22ClN3O4S. The fourth-order valence-corrected chi connectivity index (χ4v) is 4.26. The monoisotopic (exact) mass is 471 g/mol. The van der Waals surface area contributed by atoms with E-state index in [0.717, 1.165) is 6.26 Å². The van der Waals surface area contributed by atoms with Crippen molar-refractivity contribution in [2.24, 2.45) is 5.73 Å². The van der Waals surface area contributed by atoms with Crippen molar-refractivity contribution in [2.45, 2.75) is 13.5 Å². The van der Waals surface area contributed by atoms with Gasteiger partial charge in [0, 0.05) is 21.8 Å². The Morgan fingerprint density at radius 1 is 1.03 bits per heavy atom. The molecule has 3 rings (SSSR count). The number of anilines is 2. The van der Waals surface area contributed by atoms with Crippen LogP contribution in [-0.4, -0.2) is 26.5 Å². The van der Waals surface area contributed by atoms with Gasteiger partial charge in [-0.05, 0) is 60.5 Å². The minimum absolute atomic E-state index is 0.0842. The van der Waals surface area contributed by atoms with Gasteiger partial charge >= 0.3 is 0 Å². The lowest BCUT2D eigenvalue weighted by molar-refractivity contribution is 0.0995. The molecule has 166 valence electrons. The highest BCUT2D eigenvalue weighted by Gasteiger charge is 2.19. The van der Waals surface area contributed by atoms with Gasteiger partial charge in [-0.25, -0.2) is 8.42 Å². The summed E-state index contributed by atoms with van der Waals surface area (Å²) < 4.78 is 25.9. The first-order valence-electron chi connectivity index (χ1n) is 9.59. The van der Waals surface area contributed by atoms with Crippen LogP contribution in [0.2, 0.25) is 5.02 Å². The Balaban J connectivity index is 1.79. The minimum Gasteiger partial charge on any atom is -0.366 e. The molecule has 0 fully saturated rings. The van der Waals surface area contributed by atoms with E-state index in [0.29, 0.717) is 38.7 Å². The number of nitrogens with one attached hydrogen (secondary N) is 1. The number of halogens is 1. The largest absolute Gasteiger partial charge is 0.366 e. The number of amides is 2. The normalized spacial score (nSPS) is 11.1. The molecule has 0 unspecified atom stereocenters. The van der Waals surface area contributed by atoms with E-state index in [4.69, 9.17) is 17.3 Å². The van der Waals surface area contributed by atoms with Crippen LogP contribution in [0.3, 0.4) is 0 Å². The Morgan fingerprint density at radius 2 is 1.69 bits per heavy atom. The molecular weight excluding hydrogens is 450 g/mol. The van der Waals surface area contributed by atoms with E-state index in [2.05, 4.69) is 5.32 Å². The molecule has 0 radical (unpaired) electrons. The Bertz CT molecular complexity index is 1270. The summed E-state index contributed by atoms with van der Waals surface area (Å²) in [5, 5.41) is 3.20. The fraction of sp³-hybridized carbons (Fsp3) is 0.130. The van der Waals surface area contributed by atoms with Crippen molar-refractivity contribution in [3.8, 4) is 0 Å². The van der Waals surface area contributed by atoms with Crippen LogP contribution in [0.25, 0.3) is 0 Å². The van der Waals surface area contributed by atoms with Crippen molar-refractivity contribution in [1.29, 1.82) is 0 Å². The summed E-state index contributed by atoms with van der Waals surface area (Å²) in [6, 6.07) is 18.1. The molecule has 0 bridgehead atoms. The standard InChI is InChI=1S/C23H22ClN3O4S/c1-15-20(22(25)28)7-4-8-21(15)26-23(29)17-11-9-16(10-12-17)14-27(32(2,30)31)19-6-3-5-18(24)13-19/h3-13H,14H2,1-2H3,(H2,25,28)(H,26,29). The Hall–Kier alpha value is -3.36. The molecule has 0 atom stereocenters. The molecule has 0 aliphatic heterocycles. The zero-order valence-electron chi connectivity index (χ0n) is 17.5. The van der Waals surface area contributed by atoms with E-state index in [9.17, 15) is 18.0 Å². The van der Waals surface area contributed by atoms with E-state index >= 15 is 0 Å². The van der Waals surface area contributed by atoms with Crippen molar-refractivity contribution >= 4 is 44.8 Å². The molecule has 0 aliphatic rings. The second-order valence-electron chi connectivity index (χ2n) is 7.24. The molecule has 7 nitrogen and oxygen atoms in total. The summed E-state index contributed by atoms with van der Waals surface area (Å²) in [7, 11) is -3.56. The Kier molecular flexibility index (Phi) is 6.86. The summed E-state index contributed by atoms with van der Waals surface area (Å²) in [5.74, 6) is -0.936. The van der Waals surface area contributed by atoms with Crippen molar-refractivity contribution < 1.29 is 18.0 Å². The van der Waals surface area contributed by atoms with Crippen LogP contribution < -0.4 is 15.4 Å². The van der Waals surface area contributed by atoms with Gasteiger partial charge in [-0.2, -0.15) is 0 Å². The van der Waals surface area contributed by atoms with Gasteiger partial charge in [0.05, 0.1) is 18.5 Å². The van der Waals surface area contributed by atoms with Crippen LogP contribution in [0.4, 0.5) is 11.4 Å². The molecule has 9 heteroatoms. The molecule has 0 spiro atoms. The third-order valence-electron chi connectivity index (χ3n) is 4.89. The Labute approximate surface area is 191 Å². The van der Waals surface area contributed by atoms with E-state index in [1.807, 2.05) is 0 Å². The lowest BCUT2D eigenvalue weighted by Gasteiger charge is -2.22. The lowest BCUT2D eigenvalue weighted by atomic mass is 10.1. The van der Waals surface area contributed by atoms with E-state index in [1.54, 1.807) is 73.7 Å². The maximum atomic E-state index is 12.7. The number of primary amides is 1. The third-order valence-corrected chi connectivity index (χ3v) is 6.26. The lowest BCUT2D eigenvalue weighted by Crippen LogP contribution is -2.29. The van der Waals surface area contributed by atoms with Crippen LogP contribution in [-0.2, 0) is 16.6 Å². The predicted octanol–water partition coefficient (Wildman–Crippen LogP) is 3.97. The number of sulfonamides is 1. The summed E-state index contributed by atoms with van der Waals surface area (Å²) in [6.45, 7) is 1.79. The van der Waals surface area contributed by atoms with E-state index in [1.165, 1.54) is 4.31 Å². The highest BCUT2D eigenvalue weighted by molar-refractivity contribution is 7.92. The molecule has 3 aromatic rings. The minimum atomic E-state index is -3.56. The van der Waals surface area contributed by atoms with Crippen LogP contribution >= 0.6 is 11.6 Å². The molecule has 0 aromatic heterocycles. The number of carbonyl (C=O) groups is 2. The van der Waals surface area contributed by atoms with Crippen molar-refractivity contribution in [2.75, 3.05) is 15.9 Å². The van der Waals surface area contributed by atoms with Gasteiger partial charge < -0.3 is 11.1 Å². The van der Waals surface area contributed by atoms with Gasteiger partial charge in [0.25, 0.3) is 5.91 Å². The van der Waals surface area contributed by atoms with Crippen molar-refractivity contribution in [1.82, 2.24) is 0 Å². The third kappa shape index (κ3) is 5.46. The number of nitrogens with zero attached hydrogens (tertiary/aromatic N) is 1. The fourth-order valence-electron chi connectivity index (χ4n) is 3.19. The Morgan fingerprint density at radius 3 is 2.28 bits per heavy atom. The average Bonchev–Trinajstić information content (AvgIpc) is 2.72. The van der Waals surface area contributed by atoms with Crippen LogP contribution in [0.5, 0.6) is 0 Å². The summed E-state index contributed by atoms with van der Waals surface area (Å²) in [5.41, 5.74) is 8.28. The molecule has 3 aromatic carbocycles. The SMILES string of the molecule is Cc1c(NC(=O)c2ccc(CN(c3cccc(Cl)c3)S(C)(=O)=O)cc2)cccc1C(N)=O. The van der Waals surface area contributed by atoms with Gasteiger partial charge in [0.2, 0.25) is 15.9 Å². The summed E-state index contributed by atoms with van der Waals surface area (Å²) >= 11 is 6.01. The smallest absolute Gasteiger partial charge is 0.255 e. The summed E-state index contributed by atoms with van der Waals surface area (Å²) in [6.07, 6.45) is 1.12. The maximum Gasteiger partial charge on any atom is 0.255 e. The molecule has 0 saturated carbocycles. The van der Waals surface area contributed by atoms with Crippen molar-refractivity contribution in [3.05, 3.63) is 94.0 Å². The highest BCUT2D eigenvalue weighted by atomic mass is 35.5. The molecule has 2 amide bonds. The number of hydrogen-bond acceptors (Lipinski definition) is 4. The molecule has 0 saturated heterocycles. The maximum absolute atomic E-state index is 12.7. The van der Waals surface area contributed by atoms with Crippen LogP contribution in [0, 0.1) is 6.92 Å². The first-order chi connectivity index (χ1) is 15.1. The second-order valence-corrected chi connectivity index (χ2v) is 9.59. The molecule has 3 N–H and O–H groups in total. The van der Waals surface area contributed by atoms with E-state index < -0.39 is 15.9 Å². The average molecular weight is 472 g/mol. The highest BCUT2D eigenvalue weighted by Crippen LogP contribution is 2.24. The van der Waals surface area contributed by atoms with Gasteiger partial charge in [0.15, 0.2) is 0 Å². The van der Waals surface area contributed by atoms with Crippen LogP contribution in [0.15, 0.2) is 66.7 Å². The molecule has 0 aliphatic carbocycles. The first-order valence-corrected chi connectivity index (χ1v) is 11.8. The van der Waals surface area contributed by atoms with Gasteiger partial charge in [-0.3, -0.25) is 13.9 Å². The number of carbonyl (C=O) groups excluding carboxylic acids is 2. The summed E-state index contributed by atoms with van der Waals surface area (Å²) in [4.78, 5) is 24.2. The molecule has 0 heterocycles. The first kappa shape index (κ1) is 23.3. The van der Waals surface area contributed by atoms with Gasteiger partial charge in [-0.15, -0.1) is 0 Å². The van der Waals surface area contributed by atoms with Gasteiger partial charge in [0.1, 0.15) is 0 Å². The van der Waals surface area contributed by atoms with E-state index in [-0.39, 0.29) is 12.5 Å². The van der Waals surface area contributed by atoms with Crippen LogP contribution in [0.1, 0.15) is 31.8 Å². The second kappa shape index (κ2) is 9.42. The van der Waals surface area contributed by atoms with Gasteiger partial charge in [-0.1, -0.05) is 35.9 Å². The zero-order valence-corrected chi connectivity index (χ0v) is 19.1. The number of hydrogen-bond donors (Lipinski definition) is 2. The topological polar surface area (TPSA) is 110 Å². The number of nitrogens with two attached hydrogens (primary N) is 1. The number of rotatable bonds is 7. The number of benzene rings is 3. The zero-order chi connectivity index (χ0) is 23.5. The van der Waals surface area contributed by atoms with Crippen molar-refractivity contribution in [3.63, 3.8) is 0 Å². The quantitative estimate of drug-likeness (QED) is 0.543.